The molecule has 1 aliphatic heterocycles. The predicted octanol–water partition coefficient (Wildman–Crippen LogP) is 2.59. The first-order valence-corrected chi connectivity index (χ1v) is 7.14. The standard InChI is InChI=1S/C17H17N3O2/c18-17(19)12-3-5-14(6-4-12)20(11-21)15-7-8-16-13(10-15)2-1-9-22-16/h3-8,10-11H,1-2,9H2,(H3,18,19). The van der Waals surface area contributed by atoms with Gasteiger partial charge in [-0.1, -0.05) is 0 Å². The number of ether oxygens (including phenoxy) is 1. The third-order valence-electron chi connectivity index (χ3n) is 3.73. The Morgan fingerprint density at radius 3 is 2.59 bits per heavy atom. The first-order chi connectivity index (χ1) is 10.7. The molecule has 0 atom stereocenters. The van der Waals surface area contributed by atoms with Crippen LogP contribution in [0.5, 0.6) is 5.75 Å². The largest absolute Gasteiger partial charge is 0.493 e. The number of aryl methyl sites for hydroxylation is 1. The first kappa shape index (κ1) is 14.1. The number of amides is 1. The molecule has 0 aromatic heterocycles. The normalized spacial score (nSPS) is 12.9. The monoisotopic (exact) mass is 295 g/mol. The molecule has 1 aliphatic rings. The molecule has 5 nitrogen and oxygen atoms in total. The number of anilines is 2. The SMILES string of the molecule is N=C(N)c1ccc(N(C=O)c2ccc3c(c2)CCCO3)cc1. The quantitative estimate of drug-likeness (QED) is 0.517. The second kappa shape index (κ2) is 5.89. The molecule has 112 valence electrons. The lowest BCUT2D eigenvalue weighted by Crippen LogP contribution is -2.16. The van der Waals surface area contributed by atoms with Crippen molar-refractivity contribution in [1.29, 1.82) is 5.41 Å². The fourth-order valence-electron chi connectivity index (χ4n) is 2.57. The van der Waals surface area contributed by atoms with Crippen molar-refractivity contribution in [2.75, 3.05) is 11.5 Å². The molecule has 3 N–H and O–H groups in total. The van der Waals surface area contributed by atoms with E-state index in [0.29, 0.717) is 5.56 Å². The number of rotatable bonds is 4. The van der Waals surface area contributed by atoms with Gasteiger partial charge < -0.3 is 10.5 Å². The maximum absolute atomic E-state index is 11.5. The molecule has 3 rings (SSSR count). The maximum Gasteiger partial charge on any atom is 0.218 e. The molecule has 0 fully saturated rings. The highest BCUT2D eigenvalue weighted by Crippen LogP contribution is 2.31. The van der Waals surface area contributed by atoms with Gasteiger partial charge in [-0.05, 0) is 60.9 Å². The third-order valence-corrected chi connectivity index (χ3v) is 3.73. The van der Waals surface area contributed by atoms with E-state index >= 15 is 0 Å². The van der Waals surface area contributed by atoms with E-state index in [9.17, 15) is 4.79 Å². The highest BCUT2D eigenvalue weighted by atomic mass is 16.5. The third kappa shape index (κ3) is 2.65. The summed E-state index contributed by atoms with van der Waals surface area (Å²) in [7, 11) is 0. The van der Waals surface area contributed by atoms with Crippen LogP contribution in [0.2, 0.25) is 0 Å². The van der Waals surface area contributed by atoms with Crippen LogP contribution in [0, 0.1) is 5.41 Å². The Hall–Kier alpha value is -2.82. The van der Waals surface area contributed by atoms with Gasteiger partial charge in [0.25, 0.3) is 0 Å². The summed E-state index contributed by atoms with van der Waals surface area (Å²) in [6.07, 6.45) is 2.73. The average molecular weight is 295 g/mol. The molecule has 0 radical (unpaired) electrons. The summed E-state index contributed by atoms with van der Waals surface area (Å²) in [4.78, 5) is 13.1. The van der Waals surface area contributed by atoms with Crippen LogP contribution in [0.15, 0.2) is 42.5 Å². The summed E-state index contributed by atoms with van der Waals surface area (Å²) in [6, 6.07) is 12.8. The lowest BCUT2D eigenvalue weighted by Gasteiger charge is -2.22. The number of nitrogens with two attached hydrogens (primary N) is 1. The Kier molecular flexibility index (Phi) is 3.78. The Balaban J connectivity index is 1.93. The van der Waals surface area contributed by atoms with E-state index in [1.165, 1.54) is 0 Å². The minimum Gasteiger partial charge on any atom is -0.493 e. The van der Waals surface area contributed by atoms with Crippen LogP contribution in [0.25, 0.3) is 0 Å². The van der Waals surface area contributed by atoms with Gasteiger partial charge in [0, 0.05) is 16.9 Å². The molecule has 0 spiro atoms. The highest BCUT2D eigenvalue weighted by Gasteiger charge is 2.14. The minimum atomic E-state index is 0.00938. The Morgan fingerprint density at radius 2 is 1.91 bits per heavy atom. The van der Waals surface area contributed by atoms with Gasteiger partial charge in [-0.25, -0.2) is 0 Å². The van der Waals surface area contributed by atoms with Crippen LogP contribution < -0.4 is 15.4 Å². The van der Waals surface area contributed by atoms with Crippen LogP contribution in [0.4, 0.5) is 11.4 Å². The van der Waals surface area contributed by atoms with Gasteiger partial charge in [-0.15, -0.1) is 0 Å². The Labute approximate surface area is 128 Å². The van der Waals surface area contributed by atoms with Gasteiger partial charge in [0.05, 0.1) is 6.61 Å². The van der Waals surface area contributed by atoms with E-state index < -0.39 is 0 Å². The molecule has 2 aromatic rings. The predicted molar refractivity (Wildman–Crippen MR) is 85.9 cm³/mol. The number of fused-ring (bicyclic) bond motifs is 1. The second-order valence-corrected chi connectivity index (χ2v) is 5.18. The molecular formula is C17H17N3O2. The van der Waals surface area contributed by atoms with E-state index in [-0.39, 0.29) is 5.84 Å². The number of amidine groups is 1. The van der Waals surface area contributed by atoms with Crippen LogP contribution in [0.1, 0.15) is 17.5 Å². The van der Waals surface area contributed by atoms with Gasteiger partial charge in [-0.3, -0.25) is 15.1 Å². The number of carbonyl (C=O) groups is 1. The van der Waals surface area contributed by atoms with Gasteiger partial charge in [-0.2, -0.15) is 0 Å². The Bertz CT molecular complexity index is 710. The number of hydrogen-bond acceptors (Lipinski definition) is 3. The molecular weight excluding hydrogens is 278 g/mol. The number of nitrogen functional groups attached to an aromatic ring is 1. The highest BCUT2D eigenvalue weighted by molar-refractivity contribution is 5.96. The lowest BCUT2D eigenvalue weighted by atomic mass is 10.1. The van der Waals surface area contributed by atoms with E-state index in [0.717, 1.165) is 48.5 Å². The van der Waals surface area contributed by atoms with Crippen molar-refractivity contribution in [1.82, 2.24) is 0 Å². The van der Waals surface area contributed by atoms with Crippen LogP contribution in [0.3, 0.4) is 0 Å². The van der Waals surface area contributed by atoms with Gasteiger partial charge in [0.15, 0.2) is 0 Å². The fraction of sp³-hybridized carbons (Fsp3) is 0.176. The maximum atomic E-state index is 11.5. The minimum absolute atomic E-state index is 0.00938. The number of carbonyl (C=O) groups excluding carboxylic acids is 1. The summed E-state index contributed by atoms with van der Waals surface area (Å²) in [5.74, 6) is 0.905. The van der Waals surface area contributed by atoms with Gasteiger partial charge >= 0.3 is 0 Å². The van der Waals surface area contributed by atoms with E-state index in [2.05, 4.69) is 0 Å². The number of nitrogens with one attached hydrogen (secondary N) is 1. The summed E-state index contributed by atoms with van der Waals surface area (Å²) in [5.41, 5.74) is 8.73. The van der Waals surface area contributed by atoms with Crippen molar-refractivity contribution in [3.05, 3.63) is 53.6 Å². The van der Waals surface area contributed by atoms with Gasteiger partial charge in [0.1, 0.15) is 11.6 Å². The number of hydrogen-bond donors (Lipinski definition) is 2. The van der Waals surface area contributed by atoms with Gasteiger partial charge in [0.2, 0.25) is 6.41 Å². The molecule has 1 heterocycles. The zero-order valence-electron chi connectivity index (χ0n) is 12.1. The van der Waals surface area contributed by atoms with Crippen molar-refractivity contribution in [3.8, 4) is 5.75 Å². The van der Waals surface area contributed by atoms with Crippen molar-refractivity contribution in [3.63, 3.8) is 0 Å². The molecule has 0 saturated heterocycles. The molecule has 0 bridgehead atoms. The molecule has 5 heteroatoms. The number of benzene rings is 2. The zero-order chi connectivity index (χ0) is 15.5. The van der Waals surface area contributed by atoms with Crippen molar-refractivity contribution in [2.24, 2.45) is 5.73 Å². The van der Waals surface area contributed by atoms with Crippen LogP contribution >= 0.6 is 0 Å². The first-order valence-electron chi connectivity index (χ1n) is 7.14. The van der Waals surface area contributed by atoms with Crippen molar-refractivity contribution in [2.45, 2.75) is 12.8 Å². The van der Waals surface area contributed by atoms with Crippen LogP contribution in [-0.2, 0) is 11.2 Å². The topological polar surface area (TPSA) is 79.4 Å². The van der Waals surface area contributed by atoms with E-state index in [1.54, 1.807) is 29.2 Å². The fourth-order valence-corrected chi connectivity index (χ4v) is 2.57. The van der Waals surface area contributed by atoms with Crippen molar-refractivity contribution >= 4 is 23.6 Å². The van der Waals surface area contributed by atoms with E-state index in [4.69, 9.17) is 15.9 Å². The Morgan fingerprint density at radius 1 is 1.18 bits per heavy atom. The molecule has 22 heavy (non-hydrogen) atoms. The summed E-state index contributed by atoms with van der Waals surface area (Å²) < 4.78 is 5.60. The molecule has 0 unspecified atom stereocenters. The number of nitrogens with zero attached hydrogens (tertiary/aromatic N) is 1. The average Bonchev–Trinajstić information content (AvgIpc) is 2.56. The van der Waals surface area contributed by atoms with Crippen LogP contribution in [-0.4, -0.2) is 18.9 Å². The van der Waals surface area contributed by atoms with Crippen molar-refractivity contribution < 1.29 is 9.53 Å². The zero-order valence-corrected chi connectivity index (χ0v) is 12.1. The molecule has 0 saturated carbocycles. The molecule has 2 aromatic carbocycles. The smallest absolute Gasteiger partial charge is 0.218 e. The second-order valence-electron chi connectivity index (χ2n) is 5.18. The molecule has 0 aliphatic carbocycles. The summed E-state index contributed by atoms with van der Waals surface area (Å²) in [5, 5.41) is 7.41. The molecule has 1 amide bonds. The summed E-state index contributed by atoms with van der Waals surface area (Å²) >= 11 is 0. The summed E-state index contributed by atoms with van der Waals surface area (Å²) in [6.45, 7) is 0.746. The van der Waals surface area contributed by atoms with E-state index in [1.807, 2.05) is 18.2 Å². The lowest BCUT2D eigenvalue weighted by molar-refractivity contribution is -0.106.